The molecule has 1 aromatic carbocycles. The summed E-state index contributed by atoms with van der Waals surface area (Å²) in [5.74, 6) is 0.108. The SMILES string of the molecule is CCCCCC(=O)N[C@@H](Oc1ccccc1Cl)C(Cl)(Cl)Cl. The molecule has 0 aliphatic carbocycles. The first-order valence-electron chi connectivity index (χ1n) is 6.62. The summed E-state index contributed by atoms with van der Waals surface area (Å²) < 4.78 is 3.72. The normalized spacial score (nSPS) is 12.8. The average molecular weight is 373 g/mol. The molecule has 0 spiro atoms. The molecule has 0 aliphatic heterocycles. The van der Waals surface area contributed by atoms with Gasteiger partial charge >= 0.3 is 0 Å². The Labute approximate surface area is 144 Å². The number of benzene rings is 1. The van der Waals surface area contributed by atoms with Gasteiger partial charge < -0.3 is 10.1 Å². The molecule has 0 heterocycles. The van der Waals surface area contributed by atoms with E-state index in [0.717, 1.165) is 19.3 Å². The van der Waals surface area contributed by atoms with Gasteiger partial charge in [0.15, 0.2) is 0 Å². The Balaban J connectivity index is 2.69. The van der Waals surface area contributed by atoms with E-state index in [0.29, 0.717) is 17.2 Å². The van der Waals surface area contributed by atoms with Crippen LogP contribution in [0.15, 0.2) is 24.3 Å². The third kappa shape index (κ3) is 6.96. The number of unbranched alkanes of at least 4 members (excludes halogenated alkanes) is 2. The van der Waals surface area contributed by atoms with Crippen LogP contribution in [0.5, 0.6) is 5.75 Å². The molecule has 21 heavy (non-hydrogen) atoms. The highest BCUT2D eigenvalue weighted by atomic mass is 35.6. The van der Waals surface area contributed by atoms with Gasteiger partial charge in [-0.3, -0.25) is 4.79 Å². The van der Waals surface area contributed by atoms with E-state index in [9.17, 15) is 4.79 Å². The van der Waals surface area contributed by atoms with Crippen molar-refractivity contribution in [3.05, 3.63) is 29.3 Å². The molecule has 7 heteroatoms. The van der Waals surface area contributed by atoms with Crippen LogP contribution in [-0.4, -0.2) is 15.9 Å². The molecule has 0 aliphatic rings. The van der Waals surface area contributed by atoms with Crippen molar-refractivity contribution in [2.45, 2.75) is 42.6 Å². The van der Waals surface area contributed by atoms with Crippen LogP contribution in [0.1, 0.15) is 32.6 Å². The minimum atomic E-state index is -1.81. The molecule has 1 N–H and O–H groups in total. The largest absolute Gasteiger partial charge is 0.464 e. The maximum absolute atomic E-state index is 11.9. The lowest BCUT2D eigenvalue weighted by atomic mass is 10.2. The first-order valence-corrected chi connectivity index (χ1v) is 8.13. The molecule has 0 aromatic heterocycles. The second-order valence-corrected chi connectivity index (χ2v) is 7.27. The van der Waals surface area contributed by atoms with E-state index in [2.05, 4.69) is 12.2 Å². The Bertz CT molecular complexity index is 463. The van der Waals surface area contributed by atoms with Crippen molar-refractivity contribution in [2.24, 2.45) is 0 Å². The van der Waals surface area contributed by atoms with Gasteiger partial charge in [-0.05, 0) is 18.6 Å². The molecule has 3 nitrogen and oxygen atoms in total. The predicted octanol–water partition coefficient (Wildman–Crippen LogP) is 5.11. The van der Waals surface area contributed by atoms with Crippen LogP contribution in [-0.2, 0) is 4.79 Å². The summed E-state index contributed by atoms with van der Waals surface area (Å²) in [4.78, 5) is 11.9. The van der Waals surface area contributed by atoms with Crippen LogP contribution < -0.4 is 10.1 Å². The highest BCUT2D eigenvalue weighted by Gasteiger charge is 2.36. The van der Waals surface area contributed by atoms with Crippen molar-refractivity contribution < 1.29 is 9.53 Å². The molecule has 1 atom stereocenters. The lowest BCUT2D eigenvalue weighted by Crippen LogP contribution is -2.47. The minimum absolute atomic E-state index is 0.230. The summed E-state index contributed by atoms with van der Waals surface area (Å²) in [5.41, 5.74) is 0. The minimum Gasteiger partial charge on any atom is -0.464 e. The van der Waals surface area contributed by atoms with Gasteiger partial charge in [-0.15, -0.1) is 0 Å². The highest BCUT2D eigenvalue weighted by molar-refractivity contribution is 6.68. The van der Waals surface area contributed by atoms with Crippen molar-refractivity contribution in [1.82, 2.24) is 5.32 Å². The van der Waals surface area contributed by atoms with Gasteiger partial charge in [-0.2, -0.15) is 0 Å². The van der Waals surface area contributed by atoms with Crippen molar-refractivity contribution in [2.75, 3.05) is 0 Å². The lowest BCUT2D eigenvalue weighted by molar-refractivity contribution is -0.123. The van der Waals surface area contributed by atoms with Crippen molar-refractivity contribution in [1.29, 1.82) is 0 Å². The van der Waals surface area contributed by atoms with Crippen LogP contribution in [0.4, 0.5) is 0 Å². The number of ether oxygens (including phenoxy) is 1. The molecule has 0 bridgehead atoms. The Morgan fingerprint density at radius 3 is 2.52 bits per heavy atom. The summed E-state index contributed by atoms with van der Waals surface area (Å²) in [7, 11) is 0. The number of amides is 1. The number of hydrogen-bond acceptors (Lipinski definition) is 2. The van der Waals surface area contributed by atoms with Crippen LogP contribution in [0.2, 0.25) is 5.02 Å². The topological polar surface area (TPSA) is 38.3 Å². The molecular weight excluding hydrogens is 356 g/mol. The zero-order chi connectivity index (χ0) is 15.9. The molecule has 0 saturated carbocycles. The molecule has 0 unspecified atom stereocenters. The number of carbonyl (C=O) groups excluding carboxylic acids is 1. The van der Waals surface area contributed by atoms with Gasteiger partial charge in [0.05, 0.1) is 5.02 Å². The van der Waals surface area contributed by atoms with E-state index >= 15 is 0 Å². The van der Waals surface area contributed by atoms with Gasteiger partial charge in [-0.25, -0.2) is 0 Å². The van der Waals surface area contributed by atoms with E-state index in [1.54, 1.807) is 24.3 Å². The second kappa shape index (κ2) is 8.94. The van der Waals surface area contributed by atoms with Crippen LogP contribution in [0, 0.1) is 0 Å². The highest BCUT2D eigenvalue weighted by Crippen LogP contribution is 2.34. The second-order valence-electron chi connectivity index (χ2n) is 4.49. The fourth-order valence-electron chi connectivity index (χ4n) is 1.60. The predicted molar refractivity (Wildman–Crippen MR) is 88.4 cm³/mol. The summed E-state index contributed by atoms with van der Waals surface area (Å²) in [6, 6.07) is 6.77. The number of nitrogens with one attached hydrogen (secondary N) is 1. The molecule has 118 valence electrons. The number of carbonyl (C=O) groups is 1. The number of halogens is 4. The number of rotatable bonds is 7. The Morgan fingerprint density at radius 1 is 1.29 bits per heavy atom. The van der Waals surface area contributed by atoms with Crippen molar-refractivity contribution >= 4 is 52.3 Å². The third-order valence-corrected chi connectivity index (χ3v) is 3.59. The Kier molecular flexibility index (Phi) is 7.96. The molecule has 1 rings (SSSR count). The van der Waals surface area contributed by atoms with E-state index in [4.69, 9.17) is 51.1 Å². The molecular formula is C14H17Cl4NO2. The van der Waals surface area contributed by atoms with Crippen LogP contribution in [0.3, 0.4) is 0 Å². The lowest BCUT2D eigenvalue weighted by Gasteiger charge is -2.26. The van der Waals surface area contributed by atoms with Gasteiger partial charge in [0.1, 0.15) is 5.75 Å². The summed E-state index contributed by atoms with van der Waals surface area (Å²) in [6.07, 6.45) is 2.02. The summed E-state index contributed by atoms with van der Waals surface area (Å²) in [6.45, 7) is 2.06. The third-order valence-electron chi connectivity index (χ3n) is 2.68. The van der Waals surface area contributed by atoms with E-state index in [1.807, 2.05) is 0 Å². The van der Waals surface area contributed by atoms with Crippen LogP contribution >= 0.6 is 46.4 Å². The zero-order valence-electron chi connectivity index (χ0n) is 11.5. The maximum atomic E-state index is 11.9. The monoisotopic (exact) mass is 371 g/mol. The standard InChI is InChI=1S/C14H17Cl4NO2/c1-2-3-4-9-12(20)19-13(14(16,17)18)21-11-8-6-5-7-10(11)15/h5-8,13H,2-4,9H2,1H3,(H,19,20)/t13-/m0/s1. The molecule has 0 fully saturated rings. The Hall–Kier alpha value is -0.350. The number of hydrogen-bond donors (Lipinski definition) is 1. The fourth-order valence-corrected chi connectivity index (χ4v) is 2.08. The Morgan fingerprint density at radius 2 is 1.95 bits per heavy atom. The average Bonchev–Trinajstić information content (AvgIpc) is 2.39. The van der Waals surface area contributed by atoms with Gasteiger partial charge in [0, 0.05) is 6.42 Å². The van der Waals surface area contributed by atoms with Crippen molar-refractivity contribution in [3.8, 4) is 5.75 Å². The smallest absolute Gasteiger partial charge is 0.246 e. The van der Waals surface area contributed by atoms with E-state index < -0.39 is 10.0 Å². The van der Waals surface area contributed by atoms with Gasteiger partial charge in [0.25, 0.3) is 0 Å². The van der Waals surface area contributed by atoms with E-state index in [1.165, 1.54) is 0 Å². The first-order chi connectivity index (χ1) is 9.84. The van der Waals surface area contributed by atoms with Gasteiger partial charge in [0.2, 0.25) is 15.9 Å². The summed E-state index contributed by atoms with van der Waals surface area (Å²) >= 11 is 23.6. The summed E-state index contributed by atoms with van der Waals surface area (Å²) in [5, 5.41) is 2.95. The molecule has 0 radical (unpaired) electrons. The quantitative estimate of drug-likeness (QED) is 0.410. The number of alkyl halides is 3. The first kappa shape index (κ1) is 18.7. The zero-order valence-corrected chi connectivity index (χ0v) is 14.6. The molecule has 0 saturated heterocycles. The van der Waals surface area contributed by atoms with Gasteiger partial charge in [-0.1, -0.05) is 78.3 Å². The fraction of sp³-hybridized carbons (Fsp3) is 0.500. The maximum Gasteiger partial charge on any atom is 0.246 e. The molecule has 1 aromatic rings. The molecule has 1 amide bonds. The van der Waals surface area contributed by atoms with Crippen molar-refractivity contribution in [3.63, 3.8) is 0 Å². The van der Waals surface area contributed by atoms with E-state index in [-0.39, 0.29) is 5.91 Å². The number of para-hydroxylation sites is 1. The van der Waals surface area contributed by atoms with Crippen LogP contribution in [0.25, 0.3) is 0 Å².